The molecule has 0 heterocycles. The first-order chi connectivity index (χ1) is 9.00. The van der Waals surface area contributed by atoms with E-state index in [4.69, 9.17) is 4.74 Å². The number of ether oxygens (including phenoxy) is 1. The quantitative estimate of drug-likeness (QED) is 0.447. The Labute approximate surface area is 117 Å². The highest BCUT2D eigenvalue weighted by Crippen LogP contribution is 2.50. The van der Waals surface area contributed by atoms with Crippen molar-refractivity contribution in [3.8, 4) is 0 Å². The Kier molecular flexibility index (Phi) is 6.33. The Hall–Kier alpha value is -1.05. The number of hydrogen-bond donors (Lipinski definition) is 0. The van der Waals surface area contributed by atoms with Gasteiger partial charge < -0.3 is 4.74 Å². The molecule has 0 bridgehead atoms. The minimum Gasteiger partial charge on any atom is -0.465 e. The molecule has 0 radical (unpaired) electrons. The normalized spacial score (nSPS) is 17.4. The molecule has 2 heteroatoms. The van der Waals surface area contributed by atoms with E-state index in [0.717, 1.165) is 32.1 Å². The zero-order valence-corrected chi connectivity index (χ0v) is 12.7. The lowest BCUT2D eigenvalue weighted by molar-refractivity contribution is -0.150. The molecular formula is C17H28O2. The van der Waals surface area contributed by atoms with Crippen LogP contribution in [0.25, 0.3) is 0 Å². The number of carbonyl (C=O) groups is 1. The summed E-state index contributed by atoms with van der Waals surface area (Å²) >= 11 is 0. The third kappa shape index (κ3) is 5.63. The smallest absolute Gasteiger partial charge is 0.312 e. The number of esters is 1. The maximum Gasteiger partial charge on any atom is 0.312 e. The lowest BCUT2D eigenvalue weighted by Crippen LogP contribution is -2.19. The first-order valence-corrected chi connectivity index (χ1v) is 7.41. The monoisotopic (exact) mass is 264 g/mol. The Balaban J connectivity index is 2.14. The minimum atomic E-state index is -0.201. The van der Waals surface area contributed by atoms with Gasteiger partial charge in [0.05, 0.1) is 12.0 Å². The summed E-state index contributed by atoms with van der Waals surface area (Å²) in [5, 5.41) is 0. The van der Waals surface area contributed by atoms with E-state index in [9.17, 15) is 4.79 Å². The molecule has 1 fully saturated rings. The van der Waals surface area contributed by atoms with E-state index in [-0.39, 0.29) is 11.4 Å². The van der Waals surface area contributed by atoms with Crippen LogP contribution < -0.4 is 0 Å². The highest BCUT2D eigenvalue weighted by molar-refractivity contribution is 5.80. The molecule has 19 heavy (non-hydrogen) atoms. The third-order valence-electron chi connectivity index (χ3n) is 3.88. The van der Waals surface area contributed by atoms with Crippen LogP contribution in [0.4, 0.5) is 0 Å². The lowest BCUT2D eigenvalue weighted by atomic mass is 10.0. The van der Waals surface area contributed by atoms with Crippen molar-refractivity contribution in [3.63, 3.8) is 0 Å². The van der Waals surface area contributed by atoms with Crippen molar-refractivity contribution < 1.29 is 9.53 Å². The second-order valence-corrected chi connectivity index (χ2v) is 6.16. The van der Waals surface area contributed by atoms with Gasteiger partial charge in [-0.1, -0.05) is 24.6 Å². The summed E-state index contributed by atoms with van der Waals surface area (Å²) in [5.74, 6) is 0.599. The SMILES string of the molecule is C=CCC1(C(=O)OCCC(C)CCC=C(C)C)CC1. The van der Waals surface area contributed by atoms with E-state index in [1.54, 1.807) is 0 Å². The van der Waals surface area contributed by atoms with Gasteiger partial charge >= 0.3 is 5.97 Å². The summed E-state index contributed by atoms with van der Waals surface area (Å²) in [7, 11) is 0. The van der Waals surface area contributed by atoms with Gasteiger partial charge in [0.1, 0.15) is 0 Å². The van der Waals surface area contributed by atoms with Crippen LogP contribution in [0.15, 0.2) is 24.3 Å². The van der Waals surface area contributed by atoms with Gasteiger partial charge in [-0.15, -0.1) is 6.58 Å². The molecule has 0 aromatic heterocycles. The summed E-state index contributed by atoms with van der Waals surface area (Å²) < 4.78 is 5.42. The Morgan fingerprint density at radius 1 is 1.37 bits per heavy atom. The van der Waals surface area contributed by atoms with E-state index in [0.29, 0.717) is 12.5 Å². The second kappa shape index (κ2) is 7.52. The van der Waals surface area contributed by atoms with Gasteiger partial charge in [0, 0.05) is 0 Å². The molecule has 1 rings (SSSR count). The average molecular weight is 264 g/mol. The van der Waals surface area contributed by atoms with E-state index < -0.39 is 0 Å². The second-order valence-electron chi connectivity index (χ2n) is 6.16. The summed E-state index contributed by atoms with van der Waals surface area (Å²) in [6.07, 6.45) is 10.1. The number of carbonyl (C=O) groups excluding carboxylic acids is 1. The van der Waals surface area contributed by atoms with Gasteiger partial charge in [-0.05, 0) is 58.3 Å². The molecule has 108 valence electrons. The molecule has 1 aliphatic carbocycles. The van der Waals surface area contributed by atoms with E-state index in [2.05, 4.69) is 33.4 Å². The van der Waals surface area contributed by atoms with Gasteiger partial charge in [-0.3, -0.25) is 4.79 Å². The number of allylic oxidation sites excluding steroid dienone is 3. The maximum atomic E-state index is 11.9. The van der Waals surface area contributed by atoms with Crippen LogP contribution in [0.2, 0.25) is 0 Å². The molecule has 1 aliphatic rings. The van der Waals surface area contributed by atoms with Gasteiger partial charge in [0.15, 0.2) is 0 Å². The zero-order chi connectivity index (χ0) is 14.3. The van der Waals surface area contributed by atoms with E-state index >= 15 is 0 Å². The van der Waals surface area contributed by atoms with Crippen molar-refractivity contribution in [1.29, 1.82) is 0 Å². The summed E-state index contributed by atoms with van der Waals surface area (Å²) in [4.78, 5) is 11.9. The van der Waals surface area contributed by atoms with Crippen molar-refractivity contribution >= 4 is 5.97 Å². The molecule has 1 atom stereocenters. The van der Waals surface area contributed by atoms with Crippen LogP contribution in [0.3, 0.4) is 0 Å². The fourth-order valence-electron chi connectivity index (χ4n) is 2.23. The van der Waals surface area contributed by atoms with E-state index in [1.807, 2.05) is 6.08 Å². The molecule has 1 saturated carbocycles. The summed E-state index contributed by atoms with van der Waals surface area (Å²) in [6, 6.07) is 0. The predicted octanol–water partition coefficient (Wildman–Crippen LogP) is 4.66. The van der Waals surface area contributed by atoms with Gasteiger partial charge in [-0.25, -0.2) is 0 Å². The summed E-state index contributed by atoms with van der Waals surface area (Å²) in [6.45, 7) is 10.8. The number of hydrogen-bond acceptors (Lipinski definition) is 2. The number of rotatable bonds is 9. The molecule has 0 saturated heterocycles. The van der Waals surface area contributed by atoms with Crippen LogP contribution in [0.1, 0.15) is 59.3 Å². The third-order valence-corrected chi connectivity index (χ3v) is 3.88. The van der Waals surface area contributed by atoms with Crippen molar-refractivity contribution in [2.24, 2.45) is 11.3 Å². The van der Waals surface area contributed by atoms with Gasteiger partial charge in [0.25, 0.3) is 0 Å². The molecule has 0 aliphatic heterocycles. The molecule has 2 nitrogen and oxygen atoms in total. The molecule has 0 amide bonds. The van der Waals surface area contributed by atoms with Gasteiger partial charge in [-0.2, -0.15) is 0 Å². The largest absolute Gasteiger partial charge is 0.465 e. The fourth-order valence-corrected chi connectivity index (χ4v) is 2.23. The molecule has 0 N–H and O–H groups in total. The standard InChI is InChI=1S/C17H28O2/c1-5-10-17(11-12-17)16(18)19-13-9-15(4)8-6-7-14(2)3/h5,7,15H,1,6,8-13H2,2-4H3. The summed E-state index contributed by atoms with van der Waals surface area (Å²) in [5.41, 5.74) is 1.17. The van der Waals surface area contributed by atoms with Gasteiger partial charge in [0.2, 0.25) is 0 Å². The van der Waals surface area contributed by atoms with Crippen molar-refractivity contribution in [3.05, 3.63) is 24.3 Å². The Bertz CT molecular complexity index is 333. The minimum absolute atomic E-state index is 0.0103. The Morgan fingerprint density at radius 2 is 2.05 bits per heavy atom. The molecule has 0 aromatic carbocycles. The molecule has 0 aromatic rings. The van der Waals surface area contributed by atoms with Crippen molar-refractivity contribution in [2.75, 3.05) is 6.61 Å². The van der Waals surface area contributed by atoms with Crippen LogP contribution in [0, 0.1) is 11.3 Å². The van der Waals surface area contributed by atoms with Crippen LogP contribution >= 0.6 is 0 Å². The topological polar surface area (TPSA) is 26.3 Å². The average Bonchev–Trinajstić information content (AvgIpc) is 3.10. The van der Waals surface area contributed by atoms with Crippen LogP contribution in [-0.4, -0.2) is 12.6 Å². The predicted molar refractivity (Wildman–Crippen MR) is 79.9 cm³/mol. The van der Waals surface area contributed by atoms with Crippen molar-refractivity contribution in [2.45, 2.75) is 59.3 Å². The highest BCUT2D eigenvalue weighted by atomic mass is 16.5. The lowest BCUT2D eigenvalue weighted by Gasteiger charge is -2.14. The first-order valence-electron chi connectivity index (χ1n) is 7.41. The van der Waals surface area contributed by atoms with E-state index in [1.165, 1.54) is 12.0 Å². The molecule has 1 unspecified atom stereocenters. The fraction of sp³-hybridized carbons (Fsp3) is 0.706. The highest BCUT2D eigenvalue weighted by Gasteiger charge is 2.50. The van der Waals surface area contributed by atoms with Crippen molar-refractivity contribution in [1.82, 2.24) is 0 Å². The first kappa shape index (κ1) is 16.0. The Morgan fingerprint density at radius 3 is 2.58 bits per heavy atom. The zero-order valence-electron chi connectivity index (χ0n) is 12.7. The van der Waals surface area contributed by atoms with Crippen LogP contribution in [0.5, 0.6) is 0 Å². The molecular weight excluding hydrogens is 236 g/mol. The molecule has 0 spiro atoms. The van der Waals surface area contributed by atoms with Crippen LogP contribution in [-0.2, 0) is 9.53 Å². The maximum absolute atomic E-state index is 11.9.